The van der Waals surface area contributed by atoms with E-state index in [2.05, 4.69) is 11.5 Å². The van der Waals surface area contributed by atoms with E-state index in [1.54, 1.807) is 0 Å². The summed E-state index contributed by atoms with van der Waals surface area (Å²) < 4.78 is 7.70. The van der Waals surface area contributed by atoms with Gasteiger partial charge in [-0.25, -0.2) is 0 Å². The highest BCUT2D eigenvalue weighted by atomic mass is 16.5. The van der Waals surface area contributed by atoms with Gasteiger partial charge < -0.3 is 9.30 Å². The molecule has 0 aliphatic heterocycles. The van der Waals surface area contributed by atoms with Crippen LogP contribution in [0.1, 0.15) is 67.2 Å². The summed E-state index contributed by atoms with van der Waals surface area (Å²) in [6.45, 7) is 6.77. The van der Waals surface area contributed by atoms with Gasteiger partial charge in [0.2, 0.25) is 5.78 Å². The molecule has 0 saturated heterocycles. The van der Waals surface area contributed by atoms with E-state index >= 15 is 0 Å². The normalized spacial score (nSPS) is 32.8. The highest BCUT2D eigenvalue weighted by Crippen LogP contribution is 2.60. The van der Waals surface area contributed by atoms with E-state index in [-0.39, 0.29) is 23.8 Å². The minimum Gasteiger partial charge on any atom is -0.457 e. The minimum absolute atomic E-state index is 0.0779. The van der Waals surface area contributed by atoms with Gasteiger partial charge in [0.05, 0.1) is 5.41 Å². The Morgan fingerprint density at radius 3 is 2.16 bits per heavy atom. The molecule has 0 radical (unpaired) electrons. The number of aryl methyl sites for hydroxylation is 1. The lowest BCUT2D eigenvalue weighted by Gasteiger charge is -2.55. The molecule has 0 atom stereocenters. The molecule has 25 heavy (non-hydrogen) atoms. The zero-order valence-corrected chi connectivity index (χ0v) is 15.6. The van der Waals surface area contributed by atoms with Gasteiger partial charge in [0.1, 0.15) is 0 Å². The van der Waals surface area contributed by atoms with Crippen molar-refractivity contribution < 1.29 is 14.3 Å². The van der Waals surface area contributed by atoms with Gasteiger partial charge in [0, 0.05) is 23.5 Å². The Hall–Kier alpha value is -1.58. The summed E-state index contributed by atoms with van der Waals surface area (Å²) in [6, 6.07) is 1.92. The number of esters is 1. The van der Waals surface area contributed by atoms with E-state index in [1.807, 2.05) is 19.9 Å². The smallest absolute Gasteiger partial charge is 0.312 e. The lowest BCUT2D eigenvalue weighted by molar-refractivity contribution is -0.170. The van der Waals surface area contributed by atoms with E-state index in [1.165, 1.54) is 19.3 Å². The molecule has 4 nitrogen and oxygen atoms in total. The number of hydrogen-bond donors (Lipinski definition) is 0. The Morgan fingerprint density at radius 2 is 1.68 bits per heavy atom. The highest BCUT2D eigenvalue weighted by molar-refractivity contribution is 5.99. The van der Waals surface area contributed by atoms with Gasteiger partial charge in [0.15, 0.2) is 6.61 Å². The van der Waals surface area contributed by atoms with E-state index in [0.29, 0.717) is 23.3 Å². The van der Waals surface area contributed by atoms with Crippen LogP contribution in [0.15, 0.2) is 6.07 Å². The number of Topliss-reactive ketones (excluding diaryl/α,β-unsaturated/α-hetero) is 1. The van der Waals surface area contributed by atoms with Gasteiger partial charge in [-0.15, -0.1) is 0 Å². The fourth-order valence-corrected chi connectivity index (χ4v) is 6.29. The summed E-state index contributed by atoms with van der Waals surface area (Å²) in [5, 5.41) is 0. The van der Waals surface area contributed by atoms with E-state index in [4.69, 9.17) is 4.74 Å². The molecule has 0 aromatic carbocycles. The van der Waals surface area contributed by atoms with Crippen molar-refractivity contribution in [3.63, 3.8) is 0 Å². The Morgan fingerprint density at radius 1 is 1.12 bits per heavy atom. The van der Waals surface area contributed by atoms with Gasteiger partial charge in [-0.05, 0) is 83.1 Å². The first-order valence-electron chi connectivity index (χ1n) is 9.79. The molecule has 0 N–H and O–H groups in total. The van der Waals surface area contributed by atoms with Gasteiger partial charge in [-0.3, -0.25) is 9.59 Å². The van der Waals surface area contributed by atoms with Crippen LogP contribution < -0.4 is 0 Å². The molecule has 1 heterocycles. The van der Waals surface area contributed by atoms with E-state index in [0.717, 1.165) is 37.2 Å². The third-order valence-corrected chi connectivity index (χ3v) is 7.00. The first-order chi connectivity index (χ1) is 11.9. The second-order valence-electron chi connectivity index (χ2n) is 8.73. The number of ether oxygens (including phenoxy) is 1. The van der Waals surface area contributed by atoms with Crippen LogP contribution in [0.3, 0.4) is 0 Å². The zero-order chi connectivity index (χ0) is 17.8. The van der Waals surface area contributed by atoms with Gasteiger partial charge >= 0.3 is 5.97 Å². The number of aromatic nitrogens is 1. The SMILES string of the molecule is CCn1c(C)cc(C(=O)COC(=O)C23CC4CC(CC(C4)C2)C3)c1C. The molecule has 136 valence electrons. The lowest BCUT2D eigenvalue weighted by atomic mass is 9.49. The highest BCUT2D eigenvalue weighted by Gasteiger charge is 2.55. The monoisotopic (exact) mass is 343 g/mol. The van der Waals surface area contributed by atoms with Crippen LogP contribution in [0.2, 0.25) is 0 Å². The molecule has 0 amide bonds. The van der Waals surface area contributed by atoms with E-state index < -0.39 is 0 Å². The van der Waals surface area contributed by atoms with Crippen LogP contribution in [0, 0.1) is 37.0 Å². The van der Waals surface area contributed by atoms with Crippen molar-refractivity contribution in [2.75, 3.05) is 6.61 Å². The first-order valence-corrected chi connectivity index (χ1v) is 9.79. The molecular formula is C21H29NO3. The number of rotatable bonds is 5. The summed E-state index contributed by atoms with van der Waals surface area (Å²) in [5.41, 5.74) is 2.46. The predicted octanol–water partition coefficient (Wildman–Crippen LogP) is 4.07. The second kappa shape index (κ2) is 6.00. The Bertz CT molecular complexity index is 680. The van der Waals surface area contributed by atoms with Gasteiger partial charge in [0.25, 0.3) is 0 Å². The number of ketones is 1. The molecule has 4 bridgehead atoms. The van der Waals surface area contributed by atoms with Crippen molar-refractivity contribution in [3.8, 4) is 0 Å². The average molecular weight is 343 g/mol. The van der Waals surface area contributed by atoms with Crippen LogP contribution >= 0.6 is 0 Å². The fraction of sp³-hybridized carbons (Fsp3) is 0.714. The minimum atomic E-state index is -0.282. The first kappa shape index (κ1) is 16.9. The number of nitrogens with zero attached hydrogens (tertiary/aromatic N) is 1. The van der Waals surface area contributed by atoms with Crippen molar-refractivity contribution in [1.82, 2.24) is 4.57 Å². The lowest BCUT2D eigenvalue weighted by Crippen LogP contribution is -2.50. The maximum Gasteiger partial charge on any atom is 0.312 e. The van der Waals surface area contributed by atoms with Crippen LogP contribution in [-0.4, -0.2) is 22.9 Å². The quantitative estimate of drug-likeness (QED) is 0.598. The summed E-state index contributed by atoms with van der Waals surface area (Å²) in [4.78, 5) is 25.5. The maximum atomic E-state index is 12.9. The van der Waals surface area contributed by atoms with Crippen LogP contribution in [-0.2, 0) is 16.1 Å². The molecule has 0 spiro atoms. The molecule has 4 heteroatoms. The maximum absolute atomic E-state index is 12.9. The van der Waals surface area contributed by atoms with Crippen molar-refractivity contribution in [1.29, 1.82) is 0 Å². The number of carbonyl (C=O) groups excluding carboxylic acids is 2. The standard InChI is InChI=1S/C21H29NO3/c1-4-22-13(2)5-18(14(22)3)19(23)12-25-20(24)21-9-15-6-16(10-21)8-17(7-15)11-21/h5,15-17H,4,6-12H2,1-3H3. The predicted molar refractivity (Wildman–Crippen MR) is 95.5 cm³/mol. The Kier molecular flexibility index (Phi) is 4.04. The van der Waals surface area contributed by atoms with E-state index in [9.17, 15) is 9.59 Å². The summed E-state index contributed by atoms with van der Waals surface area (Å²) >= 11 is 0. The van der Waals surface area contributed by atoms with Gasteiger partial charge in [-0.1, -0.05) is 0 Å². The molecule has 4 aliphatic rings. The van der Waals surface area contributed by atoms with Crippen molar-refractivity contribution in [3.05, 3.63) is 23.0 Å². The van der Waals surface area contributed by atoms with Crippen molar-refractivity contribution in [2.24, 2.45) is 23.2 Å². The number of carbonyl (C=O) groups is 2. The van der Waals surface area contributed by atoms with Crippen molar-refractivity contribution >= 4 is 11.8 Å². The topological polar surface area (TPSA) is 48.3 Å². The third kappa shape index (κ3) is 2.74. The zero-order valence-electron chi connectivity index (χ0n) is 15.6. The average Bonchev–Trinajstić information content (AvgIpc) is 2.85. The Balaban J connectivity index is 1.43. The van der Waals surface area contributed by atoms with Gasteiger partial charge in [-0.2, -0.15) is 0 Å². The Labute approximate surface area is 149 Å². The van der Waals surface area contributed by atoms with Crippen LogP contribution in [0.25, 0.3) is 0 Å². The number of hydrogen-bond acceptors (Lipinski definition) is 3. The molecule has 1 aromatic heterocycles. The molecule has 4 saturated carbocycles. The second-order valence-corrected chi connectivity index (χ2v) is 8.73. The molecule has 5 rings (SSSR count). The molecule has 1 aromatic rings. The summed E-state index contributed by atoms with van der Waals surface area (Å²) in [7, 11) is 0. The molecular weight excluding hydrogens is 314 g/mol. The molecule has 4 aliphatic carbocycles. The summed E-state index contributed by atoms with van der Waals surface area (Å²) in [6.07, 6.45) is 6.85. The van der Waals surface area contributed by atoms with Crippen LogP contribution in [0.4, 0.5) is 0 Å². The van der Waals surface area contributed by atoms with Crippen molar-refractivity contribution in [2.45, 2.75) is 65.8 Å². The molecule has 4 fully saturated rings. The van der Waals surface area contributed by atoms with Crippen LogP contribution in [0.5, 0.6) is 0 Å². The fourth-order valence-electron chi connectivity index (χ4n) is 6.29. The summed E-state index contributed by atoms with van der Waals surface area (Å²) in [5.74, 6) is 1.93. The third-order valence-electron chi connectivity index (χ3n) is 7.00. The molecule has 0 unspecified atom stereocenters. The largest absolute Gasteiger partial charge is 0.457 e.